The summed E-state index contributed by atoms with van der Waals surface area (Å²) in [5.74, 6) is -1.33. The molecule has 1 N–H and O–H groups in total. The zero-order chi connectivity index (χ0) is 9.84. The van der Waals surface area contributed by atoms with Crippen molar-refractivity contribution in [2.45, 2.75) is 11.3 Å². The summed E-state index contributed by atoms with van der Waals surface area (Å²) in [6.07, 6.45) is 1.69. The van der Waals surface area contributed by atoms with Gasteiger partial charge in [-0.25, -0.2) is 4.39 Å². The lowest BCUT2D eigenvalue weighted by Gasteiger charge is -2.01. The number of aliphatic carboxylic acids is 1. The molecule has 0 radical (unpaired) electrons. The zero-order valence-corrected chi connectivity index (χ0v) is 7.90. The van der Waals surface area contributed by atoms with Crippen molar-refractivity contribution in [3.05, 3.63) is 29.6 Å². The minimum atomic E-state index is -0.947. The van der Waals surface area contributed by atoms with Crippen LogP contribution in [0.15, 0.2) is 23.1 Å². The van der Waals surface area contributed by atoms with Crippen LogP contribution >= 0.6 is 11.8 Å². The van der Waals surface area contributed by atoms with Crippen LogP contribution in [0.2, 0.25) is 0 Å². The third kappa shape index (κ3) is 3.06. The molecular formula is C9H9FO2S. The van der Waals surface area contributed by atoms with Crippen molar-refractivity contribution < 1.29 is 14.3 Å². The number of hydrogen-bond donors (Lipinski definition) is 1. The summed E-state index contributed by atoms with van der Waals surface area (Å²) < 4.78 is 12.9. The van der Waals surface area contributed by atoms with Crippen molar-refractivity contribution in [1.29, 1.82) is 0 Å². The van der Waals surface area contributed by atoms with E-state index in [1.165, 1.54) is 23.9 Å². The zero-order valence-electron chi connectivity index (χ0n) is 7.08. The highest BCUT2D eigenvalue weighted by atomic mass is 32.2. The van der Waals surface area contributed by atoms with Crippen molar-refractivity contribution >= 4 is 17.7 Å². The van der Waals surface area contributed by atoms with Crippen molar-refractivity contribution in [3.63, 3.8) is 0 Å². The first kappa shape index (κ1) is 10.1. The molecule has 0 heterocycles. The summed E-state index contributed by atoms with van der Waals surface area (Å²) >= 11 is 1.39. The average molecular weight is 200 g/mol. The molecule has 13 heavy (non-hydrogen) atoms. The highest BCUT2D eigenvalue weighted by Crippen LogP contribution is 2.18. The highest BCUT2D eigenvalue weighted by Gasteiger charge is 2.03. The van der Waals surface area contributed by atoms with E-state index < -0.39 is 5.97 Å². The molecule has 0 saturated carbocycles. The largest absolute Gasteiger partial charge is 0.481 e. The van der Waals surface area contributed by atoms with Crippen molar-refractivity contribution in [3.8, 4) is 0 Å². The molecule has 0 aliphatic carbocycles. The first-order valence-corrected chi connectivity index (χ1v) is 4.89. The van der Waals surface area contributed by atoms with Gasteiger partial charge in [0.1, 0.15) is 5.82 Å². The summed E-state index contributed by atoms with van der Waals surface area (Å²) in [5, 5.41) is 8.49. The van der Waals surface area contributed by atoms with E-state index in [0.717, 1.165) is 4.90 Å². The lowest BCUT2D eigenvalue weighted by Crippen LogP contribution is -2.00. The Bertz CT molecular complexity index is 325. The molecule has 0 aliphatic heterocycles. The maximum atomic E-state index is 12.9. The van der Waals surface area contributed by atoms with Gasteiger partial charge in [0, 0.05) is 4.90 Å². The lowest BCUT2D eigenvalue weighted by molar-refractivity contribution is -0.136. The molecule has 0 fully saturated rings. The standard InChI is InChI=1S/C9H9FO2S/c1-13-8-3-6(4-9(11)12)2-7(10)5-8/h2-3,5H,4H2,1H3,(H,11,12). The van der Waals surface area contributed by atoms with Gasteiger partial charge >= 0.3 is 5.97 Å². The molecule has 0 spiro atoms. The minimum Gasteiger partial charge on any atom is -0.481 e. The molecule has 0 amide bonds. The van der Waals surface area contributed by atoms with E-state index >= 15 is 0 Å². The first-order valence-electron chi connectivity index (χ1n) is 3.67. The number of thioether (sulfide) groups is 1. The van der Waals surface area contributed by atoms with Crippen LogP contribution in [-0.4, -0.2) is 17.3 Å². The second kappa shape index (κ2) is 4.28. The van der Waals surface area contributed by atoms with Crippen molar-refractivity contribution in [2.75, 3.05) is 6.26 Å². The van der Waals surface area contributed by atoms with Crippen LogP contribution < -0.4 is 0 Å². The SMILES string of the molecule is CSc1cc(F)cc(CC(=O)O)c1. The Labute approximate surface area is 79.8 Å². The Morgan fingerprint density at radius 3 is 2.77 bits per heavy atom. The fourth-order valence-electron chi connectivity index (χ4n) is 1.02. The Hall–Kier alpha value is -1.03. The fraction of sp³-hybridized carbons (Fsp3) is 0.222. The summed E-state index contributed by atoms with van der Waals surface area (Å²) in [7, 11) is 0. The minimum absolute atomic E-state index is 0.134. The molecule has 0 aliphatic rings. The van der Waals surface area contributed by atoms with Gasteiger partial charge in [-0.1, -0.05) is 0 Å². The number of hydrogen-bond acceptors (Lipinski definition) is 2. The monoisotopic (exact) mass is 200 g/mol. The third-order valence-electron chi connectivity index (χ3n) is 1.52. The van der Waals surface area contributed by atoms with E-state index in [1.54, 1.807) is 6.07 Å². The van der Waals surface area contributed by atoms with Gasteiger partial charge in [-0.05, 0) is 30.0 Å². The molecule has 2 nitrogen and oxygen atoms in total. The molecule has 0 unspecified atom stereocenters. The topological polar surface area (TPSA) is 37.3 Å². The van der Waals surface area contributed by atoms with Crippen LogP contribution in [0.5, 0.6) is 0 Å². The average Bonchev–Trinajstić information content (AvgIpc) is 2.01. The molecular weight excluding hydrogens is 191 g/mol. The molecule has 70 valence electrons. The van der Waals surface area contributed by atoms with E-state index in [0.29, 0.717) is 5.56 Å². The van der Waals surface area contributed by atoms with Crippen molar-refractivity contribution in [1.82, 2.24) is 0 Å². The van der Waals surface area contributed by atoms with Gasteiger partial charge in [0.2, 0.25) is 0 Å². The molecule has 1 aromatic rings. The molecule has 4 heteroatoms. The number of halogens is 1. The van der Waals surface area contributed by atoms with Crippen LogP contribution in [0, 0.1) is 5.82 Å². The van der Waals surface area contributed by atoms with Gasteiger partial charge in [0.15, 0.2) is 0 Å². The molecule has 1 rings (SSSR count). The maximum absolute atomic E-state index is 12.9. The van der Waals surface area contributed by atoms with Crippen LogP contribution in [0.3, 0.4) is 0 Å². The first-order chi connectivity index (χ1) is 6.11. The van der Waals surface area contributed by atoms with Crippen LogP contribution in [0.4, 0.5) is 4.39 Å². The van der Waals surface area contributed by atoms with Gasteiger partial charge in [-0.15, -0.1) is 11.8 Å². The molecule has 1 aromatic carbocycles. The van der Waals surface area contributed by atoms with Crippen LogP contribution in [0.25, 0.3) is 0 Å². The van der Waals surface area contributed by atoms with Gasteiger partial charge in [-0.2, -0.15) is 0 Å². The summed E-state index contributed by atoms with van der Waals surface area (Å²) in [4.78, 5) is 11.1. The van der Waals surface area contributed by atoms with Gasteiger partial charge in [-0.3, -0.25) is 4.79 Å². The number of rotatable bonds is 3. The van der Waals surface area contributed by atoms with Crippen LogP contribution in [0.1, 0.15) is 5.56 Å². The Balaban J connectivity index is 2.94. The van der Waals surface area contributed by atoms with Gasteiger partial charge in [0.25, 0.3) is 0 Å². The second-order valence-corrected chi connectivity index (χ2v) is 3.45. The molecule has 0 atom stereocenters. The van der Waals surface area contributed by atoms with E-state index in [9.17, 15) is 9.18 Å². The quantitative estimate of drug-likeness (QED) is 0.760. The van der Waals surface area contributed by atoms with Crippen LogP contribution in [-0.2, 0) is 11.2 Å². The van der Waals surface area contributed by atoms with E-state index in [2.05, 4.69) is 0 Å². The molecule has 0 bridgehead atoms. The normalized spacial score (nSPS) is 10.0. The van der Waals surface area contributed by atoms with Gasteiger partial charge in [0.05, 0.1) is 6.42 Å². The van der Waals surface area contributed by atoms with E-state index in [1.807, 2.05) is 6.26 Å². The van der Waals surface area contributed by atoms with E-state index in [-0.39, 0.29) is 12.2 Å². The van der Waals surface area contributed by atoms with Crippen molar-refractivity contribution in [2.24, 2.45) is 0 Å². The summed E-state index contributed by atoms with van der Waals surface area (Å²) in [5.41, 5.74) is 0.497. The predicted octanol–water partition coefficient (Wildman–Crippen LogP) is 2.17. The Morgan fingerprint density at radius 1 is 1.54 bits per heavy atom. The molecule has 0 saturated heterocycles. The van der Waals surface area contributed by atoms with Gasteiger partial charge < -0.3 is 5.11 Å². The Morgan fingerprint density at radius 2 is 2.23 bits per heavy atom. The molecule has 0 aromatic heterocycles. The smallest absolute Gasteiger partial charge is 0.307 e. The summed E-state index contributed by atoms with van der Waals surface area (Å²) in [6.45, 7) is 0. The number of carboxylic acids is 1. The number of benzene rings is 1. The fourth-order valence-corrected chi connectivity index (χ4v) is 1.51. The third-order valence-corrected chi connectivity index (χ3v) is 2.23. The van der Waals surface area contributed by atoms with E-state index in [4.69, 9.17) is 5.11 Å². The Kier molecular flexibility index (Phi) is 3.31. The number of carbonyl (C=O) groups is 1. The second-order valence-electron chi connectivity index (χ2n) is 2.57. The summed E-state index contributed by atoms with van der Waals surface area (Å²) in [6, 6.07) is 4.31. The predicted molar refractivity (Wildman–Crippen MR) is 49.5 cm³/mol. The lowest BCUT2D eigenvalue weighted by atomic mass is 10.1. The number of carboxylic acid groups (broad SMARTS) is 1. The highest BCUT2D eigenvalue weighted by molar-refractivity contribution is 7.98. The maximum Gasteiger partial charge on any atom is 0.307 e.